The first kappa shape index (κ1) is 12.9. The van der Waals surface area contributed by atoms with Gasteiger partial charge in [-0.25, -0.2) is 0 Å². The van der Waals surface area contributed by atoms with Crippen molar-refractivity contribution in [3.05, 3.63) is 40.9 Å². The summed E-state index contributed by atoms with van der Waals surface area (Å²) in [7, 11) is 1.65. The number of hydrogen-bond acceptors (Lipinski definition) is 2. The van der Waals surface area contributed by atoms with Crippen molar-refractivity contribution in [3.63, 3.8) is 0 Å². The molecule has 18 heavy (non-hydrogen) atoms. The van der Waals surface area contributed by atoms with Crippen LogP contribution < -0.4 is 10.6 Å². The average Bonchev–Trinajstić information content (AvgIpc) is 2.38. The molecule has 0 radical (unpaired) electrons. The highest BCUT2D eigenvalue weighted by Crippen LogP contribution is 2.22. The number of carbonyl (C=O) groups is 1. The zero-order valence-corrected chi connectivity index (χ0v) is 11.8. The lowest BCUT2D eigenvalue weighted by molar-refractivity contribution is -0.120. The van der Waals surface area contributed by atoms with Gasteiger partial charge in [0.05, 0.1) is 0 Å². The first-order valence-corrected chi connectivity index (χ1v) is 6.62. The number of amides is 1. The zero-order chi connectivity index (χ0) is 13.0. The van der Waals surface area contributed by atoms with E-state index in [-0.39, 0.29) is 5.91 Å². The lowest BCUT2D eigenvalue weighted by atomic mass is 10.1. The Kier molecular flexibility index (Phi) is 4.20. The molecular weight excluding hydrogens is 292 g/mol. The molecule has 4 heteroatoms. The molecule has 2 rings (SSSR count). The quantitative estimate of drug-likeness (QED) is 0.911. The van der Waals surface area contributed by atoms with Crippen LogP contribution in [-0.2, 0) is 4.79 Å². The summed E-state index contributed by atoms with van der Waals surface area (Å²) in [6.45, 7) is 0.641. The second-order valence-electron chi connectivity index (χ2n) is 4.06. The van der Waals surface area contributed by atoms with Gasteiger partial charge in [-0.2, -0.15) is 0 Å². The van der Waals surface area contributed by atoms with Crippen LogP contribution in [0.2, 0.25) is 0 Å². The van der Waals surface area contributed by atoms with Crippen molar-refractivity contribution in [2.75, 3.05) is 18.9 Å². The van der Waals surface area contributed by atoms with Crippen molar-refractivity contribution in [3.8, 4) is 0 Å². The van der Waals surface area contributed by atoms with Gasteiger partial charge < -0.3 is 10.6 Å². The number of anilines is 1. The second-order valence-corrected chi connectivity index (χ2v) is 4.97. The Morgan fingerprint density at radius 2 is 1.89 bits per heavy atom. The van der Waals surface area contributed by atoms with Gasteiger partial charge in [-0.05, 0) is 35.0 Å². The average molecular weight is 307 g/mol. The summed E-state index contributed by atoms with van der Waals surface area (Å²) >= 11 is 3.46. The van der Waals surface area contributed by atoms with E-state index in [1.807, 2.05) is 12.1 Å². The first-order chi connectivity index (χ1) is 8.69. The van der Waals surface area contributed by atoms with Crippen LogP contribution in [0.5, 0.6) is 0 Å². The fourth-order valence-electron chi connectivity index (χ4n) is 1.77. The second kappa shape index (κ2) is 5.87. The molecule has 0 aromatic heterocycles. The maximum atomic E-state index is 11.1. The largest absolute Gasteiger partial charge is 0.385 e. The molecule has 0 atom stereocenters. The predicted octanol–water partition coefficient (Wildman–Crippen LogP) is 3.15. The van der Waals surface area contributed by atoms with E-state index in [9.17, 15) is 4.79 Å². The van der Waals surface area contributed by atoms with Crippen molar-refractivity contribution in [2.24, 2.45) is 0 Å². The summed E-state index contributed by atoms with van der Waals surface area (Å²) < 4.78 is 1.08. The molecule has 0 heterocycles. The fourth-order valence-corrected chi connectivity index (χ4v) is 2.15. The molecule has 0 aliphatic rings. The molecule has 0 saturated carbocycles. The third-order valence-electron chi connectivity index (χ3n) is 2.76. The summed E-state index contributed by atoms with van der Waals surface area (Å²) in [6.07, 6.45) is 0.481. The van der Waals surface area contributed by atoms with Crippen LogP contribution >= 0.6 is 15.9 Å². The predicted molar refractivity (Wildman–Crippen MR) is 78.8 cm³/mol. The van der Waals surface area contributed by atoms with Crippen LogP contribution in [0.25, 0.3) is 10.8 Å². The van der Waals surface area contributed by atoms with E-state index in [1.54, 1.807) is 7.05 Å². The van der Waals surface area contributed by atoms with Crippen molar-refractivity contribution >= 4 is 38.3 Å². The van der Waals surface area contributed by atoms with E-state index in [0.29, 0.717) is 13.0 Å². The maximum Gasteiger partial charge on any atom is 0.221 e. The molecule has 0 unspecified atom stereocenters. The Morgan fingerprint density at radius 1 is 1.17 bits per heavy atom. The van der Waals surface area contributed by atoms with Gasteiger partial charge in [0, 0.05) is 30.2 Å². The van der Waals surface area contributed by atoms with Crippen molar-refractivity contribution in [1.82, 2.24) is 5.32 Å². The lowest BCUT2D eigenvalue weighted by Gasteiger charge is -2.07. The Labute approximate surface area is 115 Å². The smallest absolute Gasteiger partial charge is 0.221 e. The van der Waals surface area contributed by atoms with Gasteiger partial charge in [0.1, 0.15) is 0 Å². The van der Waals surface area contributed by atoms with Crippen molar-refractivity contribution in [1.29, 1.82) is 0 Å². The third-order valence-corrected chi connectivity index (χ3v) is 3.26. The SMILES string of the molecule is CNC(=O)CCNc1ccc2cc(Br)ccc2c1. The van der Waals surface area contributed by atoms with Gasteiger partial charge in [-0.3, -0.25) is 4.79 Å². The van der Waals surface area contributed by atoms with E-state index in [1.165, 1.54) is 10.8 Å². The van der Waals surface area contributed by atoms with Crippen molar-refractivity contribution < 1.29 is 4.79 Å². The minimum Gasteiger partial charge on any atom is -0.385 e. The Balaban J connectivity index is 2.06. The molecule has 0 aliphatic carbocycles. The third kappa shape index (κ3) is 3.23. The van der Waals surface area contributed by atoms with Gasteiger partial charge >= 0.3 is 0 Å². The molecule has 2 aromatic carbocycles. The highest BCUT2D eigenvalue weighted by molar-refractivity contribution is 9.10. The van der Waals surface area contributed by atoms with Crippen LogP contribution in [0.3, 0.4) is 0 Å². The van der Waals surface area contributed by atoms with Gasteiger partial charge in [0.15, 0.2) is 0 Å². The van der Waals surface area contributed by atoms with Gasteiger partial charge in [-0.1, -0.05) is 28.1 Å². The Bertz CT molecular complexity index is 569. The summed E-state index contributed by atoms with van der Waals surface area (Å²) in [5, 5.41) is 8.23. The highest BCUT2D eigenvalue weighted by Gasteiger charge is 1.99. The van der Waals surface area contributed by atoms with E-state index < -0.39 is 0 Å². The van der Waals surface area contributed by atoms with Gasteiger partial charge in [0.25, 0.3) is 0 Å². The molecule has 0 bridgehead atoms. The minimum atomic E-state index is 0.0484. The van der Waals surface area contributed by atoms with Gasteiger partial charge in [0.2, 0.25) is 5.91 Å². The molecule has 0 fully saturated rings. The number of benzene rings is 2. The van der Waals surface area contributed by atoms with Gasteiger partial charge in [-0.15, -0.1) is 0 Å². The lowest BCUT2D eigenvalue weighted by Crippen LogP contribution is -2.20. The van der Waals surface area contributed by atoms with Crippen LogP contribution in [0.4, 0.5) is 5.69 Å². The molecule has 0 spiro atoms. The summed E-state index contributed by atoms with van der Waals surface area (Å²) in [6, 6.07) is 12.4. The molecule has 2 N–H and O–H groups in total. The molecule has 3 nitrogen and oxygen atoms in total. The number of fused-ring (bicyclic) bond motifs is 1. The minimum absolute atomic E-state index is 0.0484. The zero-order valence-electron chi connectivity index (χ0n) is 10.2. The van der Waals surface area contributed by atoms with E-state index in [0.717, 1.165) is 10.2 Å². The number of halogens is 1. The number of nitrogens with one attached hydrogen (secondary N) is 2. The topological polar surface area (TPSA) is 41.1 Å². The number of hydrogen-bond donors (Lipinski definition) is 2. The normalized spacial score (nSPS) is 10.3. The molecule has 0 aliphatic heterocycles. The summed E-state index contributed by atoms with van der Waals surface area (Å²) in [4.78, 5) is 11.1. The van der Waals surface area contributed by atoms with Crippen LogP contribution in [0, 0.1) is 0 Å². The monoisotopic (exact) mass is 306 g/mol. The van der Waals surface area contributed by atoms with E-state index in [4.69, 9.17) is 0 Å². The maximum absolute atomic E-state index is 11.1. The van der Waals surface area contributed by atoms with Crippen LogP contribution in [-0.4, -0.2) is 19.5 Å². The molecule has 94 valence electrons. The molecular formula is C14H15BrN2O. The fraction of sp³-hybridized carbons (Fsp3) is 0.214. The van der Waals surface area contributed by atoms with Crippen molar-refractivity contribution in [2.45, 2.75) is 6.42 Å². The highest BCUT2D eigenvalue weighted by atomic mass is 79.9. The number of carbonyl (C=O) groups excluding carboxylic acids is 1. The standard InChI is InChI=1S/C14H15BrN2O/c1-16-14(18)6-7-17-13-5-3-10-8-12(15)4-2-11(10)9-13/h2-5,8-9,17H,6-7H2,1H3,(H,16,18). The molecule has 2 aromatic rings. The summed E-state index contributed by atoms with van der Waals surface area (Å²) in [5.74, 6) is 0.0484. The van der Waals surface area contributed by atoms with E-state index >= 15 is 0 Å². The number of rotatable bonds is 4. The summed E-state index contributed by atoms with van der Waals surface area (Å²) in [5.41, 5.74) is 1.04. The Hall–Kier alpha value is -1.55. The first-order valence-electron chi connectivity index (χ1n) is 5.83. The Morgan fingerprint density at radius 3 is 2.67 bits per heavy atom. The van der Waals surface area contributed by atoms with Crippen LogP contribution in [0.15, 0.2) is 40.9 Å². The van der Waals surface area contributed by atoms with E-state index in [2.05, 4.69) is 50.8 Å². The molecule has 0 saturated heterocycles. The van der Waals surface area contributed by atoms with Crippen LogP contribution in [0.1, 0.15) is 6.42 Å². The molecule has 1 amide bonds.